The van der Waals surface area contributed by atoms with Gasteiger partial charge in [0.2, 0.25) is 5.91 Å². The first-order valence-electron chi connectivity index (χ1n) is 7.10. The Morgan fingerprint density at radius 3 is 2.92 bits per heavy atom. The third kappa shape index (κ3) is 5.66. The Hall–Kier alpha value is -1.84. The summed E-state index contributed by atoms with van der Waals surface area (Å²) in [4.78, 5) is 11.9. The summed E-state index contributed by atoms with van der Waals surface area (Å²) in [5.74, 6) is -0.0649. The van der Waals surface area contributed by atoms with E-state index in [2.05, 4.69) is 26.4 Å². The van der Waals surface area contributed by atoms with Crippen LogP contribution in [0.3, 0.4) is 0 Å². The molecule has 0 saturated carbocycles. The van der Waals surface area contributed by atoms with E-state index in [0.29, 0.717) is 15.3 Å². The number of thioether (sulfide) groups is 1. The summed E-state index contributed by atoms with van der Waals surface area (Å²) >= 11 is 12.3. The van der Waals surface area contributed by atoms with Crippen LogP contribution >= 0.6 is 35.6 Å². The minimum atomic E-state index is -0.228. The molecule has 0 radical (unpaired) electrons. The van der Waals surface area contributed by atoms with Gasteiger partial charge in [-0.2, -0.15) is 0 Å². The zero-order valence-corrected chi connectivity index (χ0v) is 15.5. The van der Waals surface area contributed by atoms with Crippen molar-refractivity contribution in [3.05, 3.63) is 35.6 Å². The van der Waals surface area contributed by atoms with Crippen LogP contribution in [0.5, 0.6) is 0 Å². The number of carbonyl (C=O) groups is 1. The maximum absolute atomic E-state index is 11.9. The molecule has 0 fully saturated rings. The van der Waals surface area contributed by atoms with Crippen LogP contribution in [-0.2, 0) is 4.79 Å². The second-order valence-electron chi connectivity index (χ2n) is 5.05. The molecular formula is C14H17ClN6OS2. The van der Waals surface area contributed by atoms with Crippen LogP contribution in [0.25, 0.3) is 5.69 Å². The lowest BCUT2D eigenvalue weighted by atomic mass is 10.3. The monoisotopic (exact) mass is 384 g/mol. The van der Waals surface area contributed by atoms with E-state index in [1.165, 1.54) is 11.8 Å². The highest BCUT2D eigenvalue weighted by Gasteiger charge is 2.10. The number of hydrazine groups is 1. The lowest BCUT2D eigenvalue weighted by Gasteiger charge is -2.13. The number of nitrogens with one attached hydrogen (secondary N) is 3. The molecule has 1 aromatic carbocycles. The minimum absolute atomic E-state index is 0.163. The summed E-state index contributed by atoms with van der Waals surface area (Å²) < 4.78 is 1.77. The Morgan fingerprint density at radius 1 is 1.42 bits per heavy atom. The molecule has 2 rings (SSSR count). The van der Waals surface area contributed by atoms with Gasteiger partial charge in [-0.1, -0.05) is 29.4 Å². The summed E-state index contributed by atoms with van der Waals surface area (Å²) in [6.07, 6.45) is 1.58. The maximum Gasteiger partial charge on any atom is 0.248 e. The molecule has 1 amide bonds. The highest BCUT2D eigenvalue weighted by Crippen LogP contribution is 2.21. The molecule has 3 N–H and O–H groups in total. The number of hydrogen-bond acceptors (Lipinski definition) is 5. The Bertz CT molecular complexity index is 721. The van der Waals surface area contributed by atoms with E-state index in [1.54, 1.807) is 23.0 Å². The molecule has 128 valence electrons. The molecule has 24 heavy (non-hydrogen) atoms. The molecule has 2 aromatic rings. The smallest absolute Gasteiger partial charge is 0.248 e. The van der Waals surface area contributed by atoms with Gasteiger partial charge < -0.3 is 5.32 Å². The van der Waals surface area contributed by atoms with Gasteiger partial charge in [-0.15, -0.1) is 10.2 Å². The number of nitrogens with zero attached hydrogens (tertiary/aromatic N) is 3. The third-order valence-electron chi connectivity index (χ3n) is 2.67. The quantitative estimate of drug-likeness (QED) is 0.412. The van der Waals surface area contributed by atoms with Crippen molar-refractivity contribution in [1.82, 2.24) is 30.9 Å². The molecule has 0 spiro atoms. The fourth-order valence-corrected chi connectivity index (χ4v) is 2.92. The molecule has 10 heteroatoms. The zero-order valence-electron chi connectivity index (χ0n) is 13.1. The van der Waals surface area contributed by atoms with Gasteiger partial charge in [0.25, 0.3) is 0 Å². The largest absolute Gasteiger partial charge is 0.359 e. The van der Waals surface area contributed by atoms with Crippen LogP contribution in [0.1, 0.15) is 13.8 Å². The van der Waals surface area contributed by atoms with Gasteiger partial charge in [-0.05, 0) is 44.3 Å². The van der Waals surface area contributed by atoms with Crippen LogP contribution in [0.4, 0.5) is 0 Å². The average Bonchev–Trinajstić information content (AvgIpc) is 2.99. The van der Waals surface area contributed by atoms with Crippen molar-refractivity contribution in [2.24, 2.45) is 0 Å². The van der Waals surface area contributed by atoms with E-state index in [-0.39, 0.29) is 17.7 Å². The van der Waals surface area contributed by atoms with E-state index in [9.17, 15) is 4.79 Å². The summed E-state index contributed by atoms with van der Waals surface area (Å²) in [7, 11) is 0. The highest BCUT2D eigenvalue weighted by atomic mass is 35.5. The van der Waals surface area contributed by atoms with Gasteiger partial charge in [-0.25, -0.2) is 0 Å². The average molecular weight is 385 g/mol. The summed E-state index contributed by atoms with van der Waals surface area (Å²) in [5.41, 5.74) is 6.00. The molecule has 1 heterocycles. The van der Waals surface area contributed by atoms with Crippen LogP contribution in [0, 0.1) is 0 Å². The van der Waals surface area contributed by atoms with Crippen LogP contribution < -0.4 is 16.2 Å². The van der Waals surface area contributed by atoms with Gasteiger partial charge in [0, 0.05) is 11.1 Å². The molecule has 7 nitrogen and oxygen atoms in total. The number of hydrogen-bond donors (Lipinski definition) is 3. The molecule has 0 aliphatic heterocycles. The van der Waals surface area contributed by atoms with Crippen molar-refractivity contribution in [2.45, 2.75) is 25.0 Å². The van der Waals surface area contributed by atoms with E-state index in [1.807, 2.05) is 26.0 Å². The Kier molecular flexibility index (Phi) is 6.83. The van der Waals surface area contributed by atoms with Crippen molar-refractivity contribution < 1.29 is 4.79 Å². The van der Waals surface area contributed by atoms with Gasteiger partial charge in [0.1, 0.15) is 6.33 Å². The van der Waals surface area contributed by atoms with E-state index in [4.69, 9.17) is 23.8 Å². The summed E-state index contributed by atoms with van der Waals surface area (Å²) in [5, 5.41) is 12.4. The molecule has 0 aliphatic carbocycles. The Labute approximate surface area is 154 Å². The first-order chi connectivity index (χ1) is 11.5. The van der Waals surface area contributed by atoms with Crippen molar-refractivity contribution in [2.75, 3.05) is 5.75 Å². The number of aromatic nitrogens is 3. The Morgan fingerprint density at radius 2 is 2.21 bits per heavy atom. The predicted molar refractivity (Wildman–Crippen MR) is 99.2 cm³/mol. The van der Waals surface area contributed by atoms with Gasteiger partial charge in [0.15, 0.2) is 10.3 Å². The predicted octanol–water partition coefficient (Wildman–Crippen LogP) is 1.92. The van der Waals surface area contributed by atoms with Crippen molar-refractivity contribution in [3.8, 4) is 5.69 Å². The molecule has 1 aromatic heterocycles. The van der Waals surface area contributed by atoms with Crippen molar-refractivity contribution in [1.29, 1.82) is 0 Å². The van der Waals surface area contributed by atoms with Crippen LogP contribution in [0.15, 0.2) is 35.7 Å². The molecule has 0 unspecified atom stereocenters. The number of halogens is 1. The second-order valence-corrected chi connectivity index (χ2v) is 6.84. The standard InChI is InChI=1S/C14H17ClN6OS2/c1-9(2)17-13(23)19-18-12(22)7-24-14-20-16-8-21(14)11-5-3-4-10(15)6-11/h3-6,8-9H,7H2,1-2H3,(H,18,22)(H2,17,19,23). The van der Waals surface area contributed by atoms with Gasteiger partial charge in [-0.3, -0.25) is 20.2 Å². The first kappa shape index (κ1) is 18.5. The van der Waals surface area contributed by atoms with Gasteiger partial charge in [0.05, 0.1) is 11.4 Å². The number of rotatable bonds is 5. The zero-order chi connectivity index (χ0) is 17.5. The van der Waals surface area contributed by atoms with Crippen molar-refractivity contribution in [3.63, 3.8) is 0 Å². The molecule has 0 bridgehead atoms. The lowest BCUT2D eigenvalue weighted by Crippen LogP contribution is -2.49. The molecule has 0 atom stereocenters. The summed E-state index contributed by atoms with van der Waals surface area (Å²) in [6.45, 7) is 3.91. The highest BCUT2D eigenvalue weighted by molar-refractivity contribution is 7.99. The fourth-order valence-electron chi connectivity index (χ4n) is 1.72. The molecule has 0 saturated heterocycles. The van der Waals surface area contributed by atoms with Gasteiger partial charge >= 0.3 is 0 Å². The van der Waals surface area contributed by atoms with E-state index in [0.717, 1.165) is 5.69 Å². The fraction of sp³-hybridized carbons (Fsp3) is 0.286. The number of thiocarbonyl (C=S) groups is 1. The first-order valence-corrected chi connectivity index (χ1v) is 8.87. The Balaban J connectivity index is 1.88. The normalized spacial score (nSPS) is 10.5. The van der Waals surface area contributed by atoms with Crippen LogP contribution in [0.2, 0.25) is 5.02 Å². The van der Waals surface area contributed by atoms with Crippen molar-refractivity contribution >= 4 is 46.6 Å². The SMILES string of the molecule is CC(C)NC(=S)NNC(=O)CSc1nncn1-c1cccc(Cl)c1. The third-order valence-corrected chi connectivity index (χ3v) is 4.07. The maximum atomic E-state index is 11.9. The second kappa shape index (κ2) is 8.86. The van der Waals surface area contributed by atoms with Crippen LogP contribution in [-0.4, -0.2) is 37.6 Å². The molecule has 0 aliphatic rings. The lowest BCUT2D eigenvalue weighted by molar-refractivity contribution is -0.119. The minimum Gasteiger partial charge on any atom is -0.359 e. The number of carbonyl (C=O) groups excluding carboxylic acids is 1. The van der Waals surface area contributed by atoms with E-state index < -0.39 is 0 Å². The molecular weight excluding hydrogens is 368 g/mol. The van der Waals surface area contributed by atoms with E-state index >= 15 is 0 Å². The number of benzene rings is 1. The number of amides is 1. The topological polar surface area (TPSA) is 83.9 Å². The summed E-state index contributed by atoms with van der Waals surface area (Å²) in [6, 6.07) is 7.50.